The van der Waals surface area contributed by atoms with Gasteiger partial charge < -0.3 is 10.00 Å². The lowest BCUT2D eigenvalue weighted by Gasteiger charge is -2.27. The molecule has 0 spiro atoms. The van der Waals surface area contributed by atoms with Gasteiger partial charge in [0.2, 0.25) is 0 Å². The van der Waals surface area contributed by atoms with E-state index in [9.17, 15) is 14.6 Å². The van der Waals surface area contributed by atoms with Crippen molar-refractivity contribution in [1.82, 2.24) is 0 Å². The Morgan fingerprint density at radius 1 is 0.742 bits per heavy atom. The van der Waals surface area contributed by atoms with Gasteiger partial charge in [0.15, 0.2) is 5.75 Å². The van der Waals surface area contributed by atoms with Crippen LogP contribution in [0.4, 0.5) is 0 Å². The van der Waals surface area contributed by atoms with Gasteiger partial charge in [0.1, 0.15) is 5.75 Å². The molecule has 3 aromatic carbocycles. The first-order valence-electron chi connectivity index (χ1n) is 10.2. The van der Waals surface area contributed by atoms with Crippen LogP contribution in [0, 0.1) is 0 Å². The number of hydrogen-bond acceptors (Lipinski definition) is 4. The van der Waals surface area contributed by atoms with Crippen LogP contribution >= 0.6 is 8.25 Å². The maximum atomic E-state index is 10.7. The van der Waals surface area contributed by atoms with E-state index in [-0.39, 0.29) is 22.3 Å². The Hall–Kier alpha value is -2.68. The monoisotopic (exact) mass is 438 g/mol. The van der Waals surface area contributed by atoms with E-state index in [0.717, 1.165) is 0 Å². The fourth-order valence-corrected chi connectivity index (χ4v) is 3.43. The third kappa shape index (κ3) is 7.20. The Kier molecular flexibility index (Phi) is 8.00. The molecule has 0 aliphatic rings. The van der Waals surface area contributed by atoms with Gasteiger partial charge in [-0.3, -0.25) is 4.52 Å². The van der Waals surface area contributed by atoms with Crippen LogP contribution in [-0.4, -0.2) is 5.11 Å². The molecule has 1 unspecified atom stereocenters. The number of phenolic OH excluding ortho intramolecular Hbond substituents is 1. The first-order valence-corrected chi connectivity index (χ1v) is 11.3. The first kappa shape index (κ1) is 24.6. The summed E-state index contributed by atoms with van der Waals surface area (Å²) in [6.07, 6.45) is 0. The van der Waals surface area contributed by atoms with Gasteiger partial charge in [-0.25, -0.2) is 0 Å². The number of phenols is 1. The van der Waals surface area contributed by atoms with E-state index in [2.05, 4.69) is 48.5 Å². The molecule has 31 heavy (non-hydrogen) atoms. The Bertz CT molecular complexity index is 929. The lowest BCUT2D eigenvalue weighted by molar-refractivity contribution is -0.178. The van der Waals surface area contributed by atoms with Crippen LogP contribution in [0.3, 0.4) is 0 Å². The summed E-state index contributed by atoms with van der Waals surface area (Å²) in [6.45, 7) is 11.7. The SMILES string of the molecule is CC(C)(C)c1cc(O[P+](=O)[O-])cc(C(C)(C)C)c1O.c1ccc(-c2ccccc2)cc1. The van der Waals surface area contributed by atoms with Crippen molar-refractivity contribution in [2.45, 2.75) is 52.4 Å². The van der Waals surface area contributed by atoms with E-state index >= 15 is 0 Å². The predicted octanol–water partition coefficient (Wildman–Crippen LogP) is 6.74. The molecule has 4 nitrogen and oxygen atoms in total. The second-order valence-corrected chi connectivity index (χ2v) is 10.0. The highest BCUT2D eigenvalue weighted by Gasteiger charge is 2.28. The molecule has 1 atom stereocenters. The third-order valence-electron chi connectivity index (χ3n) is 4.76. The van der Waals surface area contributed by atoms with Gasteiger partial charge in [0.25, 0.3) is 0 Å². The quantitative estimate of drug-likeness (QED) is 0.460. The normalized spacial score (nSPS) is 11.9. The van der Waals surface area contributed by atoms with Crippen molar-refractivity contribution in [1.29, 1.82) is 0 Å². The molecular weight excluding hydrogens is 407 g/mol. The van der Waals surface area contributed by atoms with Crippen molar-refractivity contribution < 1.29 is 19.1 Å². The van der Waals surface area contributed by atoms with Crippen LogP contribution < -0.4 is 9.42 Å². The van der Waals surface area contributed by atoms with Crippen molar-refractivity contribution in [2.75, 3.05) is 0 Å². The summed E-state index contributed by atoms with van der Waals surface area (Å²) in [4.78, 5) is 10.7. The topological polar surface area (TPSA) is 69.6 Å². The lowest BCUT2D eigenvalue weighted by Crippen LogP contribution is -2.17. The largest absolute Gasteiger partial charge is 0.558 e. The molecule has 0 saturated heterocycles. The lowest BCUT2D eigenvalue weighted by atomic mass is 9.79. The molecule has 164 valence electrons. The van der Waals surface area contributed by atoms with Gasteiger partial charge in [0.05, 0.1) is 0 Å². The van der Waals surface area contributed by atoms with E-state index in [0.29, 0.717) is 11.1 Å². The molecular formula is C26H31O4P. The summed E-state index contributed by atoms with van der Waals surface area (Å²) in [5.41, 5.74) is 3.28. The molecule has 0 aliphatic carbocycles. The van der Waals surface area contributed by atoms with Crippen LogP contribution in [0.1, 0.15) is 52.7 Å². The Labute approximate surface area is 186 Å². The summed E-state index contributed by atoms with van der Waals surface area (Å²) in [7, 11) is -2.96. The highest BCUT2D eigenvalue weighted by atomic mass is 31.1. The molecule has 0 fully saturated rings. The second-order valence-electron chi connectivity index (χ2n) is 9.41. The fourth-order valence-electron chi connectivity index (χ4n) is 3.15. The molecule has 0 aromatic heterocycles. The van der Waals surface area contributed by atoms with Crippen molar-refractivity contribution in [3.05, 3.63) is 83.9 Å². The summed E-state index contributed by atoms with van der Waals surface area (Å²) in [6, 6.07) is 23.9. The van der Waals surface area contributed by atoms with Crippen LogP contribution in [0.2, 0.25) is 0 Å². The van der Waals surface area contributed by atoms with E-state index < -0.39 is 8.25 Å². The molecule has 3 rings (SSSR count). The van der Waals surface area contributed by atoms with Gasteiger partial charge in [-0.15, -0.1) is 0 Å². The molecule has 1 N–H and O–H groups in total. The average Bonchev–Trinajstić information content (AvgIpc) is 2.69. The number of aromatic hydroxyl groups is 1. The fraction of sp³-hybridized carbons (Fsp3) is 0.308. The van der Waals surface area contributed by atoms with Crippen LogP contribution in [-0.2, 0) is 15.4 Å². The minimum absolute atomic E-state index is 0.202. The minimum atomic E-state index is -2.96. The second kappa shape index (κ2) is 10.1. The highest BCUT2D eigenvalue weighted by Crippen LogP contribution is 2.42. The Balaban J connectivity index is 0.000000242. The van der Waals surface area contributed by atoms with Crippen LogP contribution in [0.5, 0.6) is 11.5 Å². The number of rotatable bonds is 3. The summed E-state index contributed by atoms with van der Waals surface area (Å²) in [5.74, 6) is 0.442. The van der Waals surface area contributed by atoms with Gasteiger partial charge in [0, 0.05) is 11.1 Å². The first-order chi connectivity index (χ1) is 14.4. The minimum Gasteiger partial charge on any atom is -0.558 e. The average molecular weight is 439 g/mol. The Morgan fingerprint density at radius 2 is 1.10 bits per heavy atom. The number of benzene rings is 3. The molecule has 0 heterocycles. The van der Waals surface area contributed by atoms with E-state index in [4.69, 9.17) is 4.52 Å². The van der Waals surface area contributed by atoms with Crippen molar-refractivity contribution in [2.24, 2.45) is 0 Å². The van der Waals surface area contributed by atoms with Crippen LogP contribution in [0.25, 0.3) is 11.1 Å². The number of hydrogen-bond donors (Lipinski definition) is 1. The van der Waals surface area contributed by atoms with Crippen molar-refractivity contribution in [3.63, 3.8) is 0 Å². The van der Waals surface area contributed by atoms with Gasteiger partial charge in [-0.2, -0.15) is 0 Å². The summed E-state index contributed by atoms with van der Waals surface area (Å²) >= 11 is 0. The van der Waals surface area contributed by atoms with Crippen molar-refractivity contribution in [3.8, 4) is 22.6 Å². The predicted molar refractivity (Wildman–Crippen MR) is 126 cm³/mol. The molecule has 0 saturated carbocycles. The van der Waals surface area contributed by atoms with Crippen LogP contribution in [0.15, 0.2) is 72.8 Å². The molecule has 0 radical (unpaired) electrons. The van der Waals surface area contributed by atoms with E-state index in [1.54, 1.807) is 12.1 Å². The smallest absolute Gasteiger partial charge is 0.539 e. The zero-order chi connectivity index (χ0) is 23.2. The summed E-state index contributed by atoms with van der Waals surface area (Å²) in [5, 5.41) is 10.4. The molecule has 3 aromatic rings. The molecule has 0 bridgehead atoms. The van der Waals surface area contributed by atoms with Gasteiger partial charge in [-0.1, -0.05) is 102 Å². The zero-order valence-corrected chi connectivity index (χ0v) is 19.9. The maximum absolute atomic E-state index is 10.7. The maximum Gasteiger partial charge on any atom is 0.539 e. The van der Waals surface area contributed by atoms with Gasteiger partial charge >= 0.3 is 8.25 Å². The van der Waals surface area contributed by atoms with Crippen molar-refractivity contribution >= 4 is 8.25 Å². The molecule has 5 heteroatoms. The molecule has 0 amide bonds. The Morgan fingerprint density at radius 3 is 1.39 bits per heavy atom. The van der Waals surface area contributed by atoms with E-state index in [1.807, 2.05) is 53.7 Å². The zero-order valence-electron chi connectivity index (χ0n) is 19.0. The standard InChI is InChI=1S/C14H21O4P.C12H10/c1-13(2,3)10-7-9(18-19(16)17)8-11(12(10)15)14(4,5)6;1-3-7-11(8-4-1)12-9-5-2-6-10-12/h7-8,15H,1-6H3;1-10H. The third-order valence-corrected chi connectivity index (χ3v) is 5.12. The van der Waals surface area contributed by atoms with Gasteiger partial charge in [-0.05, 0) is 38.7 Å². The highest BCUT2D eigenvalue weighted by molar-refractivity contribution is 7.31. The summed E-state index contributed by atoms with van der Waals surface area (Å²) < 4.78 is 15.5. The molecule has 0 aliphatic heterocycles. The van der Waals surface area contributed by atoms with E-state index in [1.165, 1.54) is 11.1 Å².